The standard InChI is InChI=1S/C6H11NO2/c1-4-3-7(2)5(4)6(8)9/h4-5H,3H2,1-2H3,(H,8,9)/t4?,5-/m0/s1. The topological polar surface area (TPSA) is 40.5 Å². The minimum absolute atomic E-state index is 0.231. The molecule has 0 aromatic carbocycles. The second kappa shape index (κ2) is 1.99. The summed E-state index contributed by atoms with van der Waals surface area (Å²) >= 11 is 0. The molecule has 0 saturated carbocycles. The fourth-order valence-corrected chi connectivity index (χ4v) is 1.40. The molecule has 1 rings (SSSR count). The molecule has 3 nitrogen and oxygen atoms in total. The summed E-state index contributed by atoms with van der Waals surface area (Å²) in [6.45, 7) is 2.87. The summed E-state index contributed by atoms with van der Waals surface area (Å²) < 4.78 is 0. The average molecular weight is 129 g/mol. The van der Waals surface area contributed by atoms with E-state index >= 15 is 0 Å². The third-order valence-corrected chi connectivity index (χ3v) is 1.84. The Morgan fingerprint density at radius 1 is 1.78 bits per heavy atom. The van der Waals surface area contributed by atoms with Crippen molar-refractivity contribution in [1.29, 1.82) is 0 Å². The summed E-state index contributed by atoms with van der Waals surface area (Å²) in [4.78, 5) is 12.2. The third kappa shape index (κ3) is 0.920. The van der Waals surface area contributed by atoms with Crippen molar-refractivity contribution in [3.05, 3.63) is 0 Å². The van der Waals surface area contributed by atoms with Crippen molar-refractivity contribution in [2.24, 2.45) is 5.92 Å². The van der Waals surface area contributed by atoms with Crippen LogP contribution in [-0.2, 0) is 4.79 Å². The molecule has 2 atom stereocenters. The van der Waals surface area contributed by atoms with Crippen LogP contribution in [0.15, 0.2) is 0 Å². The predicted octanol–water partition coefficient (Wildman–Crippen LogP) is 0.0211. The van der Waals surface area contributed by atoms with Crippen LogP contribution in [0.3, 0.4) is 0 Å². The molecule has 1 fully saturated rings. The first-order valence-corrected chi connectivity index (χ1v) is 3.06. The van der Waals surface area contributed by atoms with E-state index in [2.05, 4.69) is 0 Å². The Hall–Kier alpha value is -0.570. The largest absolute Gasteiger partial charge is 0.480 e. The Labute approximate surface area is 54.3 Å². The molecule has 1 aliphatic rings. The fraction of sp³-hybridized carbons (Fsp3) is 0.833. The maximum Gasteiger partial charge on any atom is 0.321 e. The van der Waals surface area contributed by atoms with Gasteiger partial charge in [0.15, 0.2) is 0 Å². The number of likely N-dealkylation sites (N-methyl/N-ethyl adjacent to an activating group) is 1. The van der Waals surface area contributed by atoms with Crippen LogP contribution >= 0.6 is 0 Å². The lowest BCUT2D eigenvalue weighted by molar-refractivity contribution is -0.151. The lowest BCUT2D eigenvalue weighted by Gasteiger charge is -2.40. The third-order valence-electron chi connectivity index (χ3n) is 1.84. The van der Waals surface area contributed by atoms with Crippen molar-refractivity contribution in [1.82, 2.24) is 4.90 Å². The summed E-state index contributed by atoms with van der Waals surface area (Å²) in [7, 11) is 1.83. The van der Waals surface area contributed by atoms with Crippen LogP contribution < -0.4 is 0 Å². The molecular weight excluding hydrogens is 118 g/mol. The van der Waals surface area contributed by atoms with Crippen LogP contribution in [0.1, 0.15) is 6.92 Å². The number of nitrogens with zero attached hydrogens (tertiary/aromatic N) is 1. The van der Waals surface area contributed by atoms with Gasteiger partial charge in [-0.25, -0.2) is 0 Å². The predicted molar refractivity (Wildman–Crippen MR) is 33.2 cm³/mol. The van der Waals surface area contributed by atoms with E-state index in [0.29, 0.717) is 5.92 Å². The average Bonchev–Trinajstić information content (AvgIpc) is 1.62. The van der Waals surface area contributed by atoms with Gasteiger partial charge in [0.2, 0.25) is 0 Å². The number of carboxylic acids is 1. The highest BCUT2D eigenvalue weighted by Crippen LogP contribution is 2.21. The van der Waals surface area contributed by atoms with Gasteiger partial charge in [-0.1, -0.05) is 6.92 Å². The van der Waals surface area contributed by atoms with Gasteiger partial charge in [0.05, 0.1) is 0 Å². The van der Waals surface area contributed by atoms with Crippen LogP contribution in [0.5, 0.6) is 0 Å². The molecule has 0 aromatic heterocycles. The molecule has 1 saturated heterocycles. The highest BCUT2D eigenvalue weighted by atomic mass is 16.4. The minimum Gasteiger partial charge on any atom is -0.480 e. The summed E-state index contributed by atoms with van der Waals surface area (Å²) in [5.74, 6) is -0.372. The Morgan fingerprint density at radius 2 is 2.33 bits per heavy atom. The Kier molecular flexibility index (Phi) is 1.45. The van der Waals surface area contributed by atoms with Crippen LogP contribution in [0.2, 0.25) is 0 Å². The number of aliphatic carboxylic acids is 1. The highest BCUT2D eigenvalue weighted by molar-refractivity contribution is 5.75. The number of likely N-dealkylation sites (tertiary alicyclic amines) is 1. The van der Waals surface area contributed by atoms with E-state index in [1.807, 2.05) is 18.9 Å². The second-order valence-corrected chi connectivity index (χ2v) is 2.70. The second-order valence-electron chi connectivity index (χ2n) is 2.70. The minimum atomic E-state index is -0.698. The van der Waals surface area contributed by atoms with Gasteiger partial charge in [0, 0.05) is 6.54 Å². The molecule has 3 heteroatoms. The van der Waals surface area contributed by atoms with Crippen molar-refractivity contribution in [2.45, 2.75) is 13.0 Å². The van der Waals surface area contributed by atoms with E-state index in [0.717, 1.165) is 6.54 Å². The number of carbonyl (C=O) groups is 1. The number of carboxylic acid groups (broad SMARTS) is 1. The normalized spacial score (nSPS) is 35.8. The molecule has 0 bridgehead atoms. The number of rotatable bonds is 1. The molecule has 0 amide bonds. The SMILES string of the molecule is CC1CN(C)[C@@H]1C(=O)O. The summed E-state index contributed by atoms with van der Waals surface area (Å²) in [5.41, 5.74) is 0. The lowest BCUT2D eigenvalue weighted by Crippen LogP contribution is -2.56. The first-order valence-electron chi connectivity index (χ1n) is 3.06. The summed E-state index contributed by atoms with van der Waals surface area (Å²) in [5, 5.41) is 8.53. The molecule has 52 valence electrons. The number of hydrogen-bond donors (Lipinski definition) is 1. The van der Waals surface area contributed by atoms with Crippen molar-refractivity contribution < 1.29 is 9.90 Å². The molecule has 1 unspecified atom stereocenters. The molecule has 0 aromatic rings. The molecule has 1 heterocycles. The molecule has 1 N–H and O–H groups in total. The van der Waals surface area contributed by atoms with Crippen LogP contribution in [-0.4, -0.2) is 35.6 Å². The number of hydrogen-bond acceptors (Lipinski definition) is 2. The first-order chi connectivity index (χ1) is 4.13. The van der Waals surface area contributed by atoms with Crippen LogP contribution in [0.4, 0.5) is 0 Å². The maximum absolute atomic E-state index is 10.4. The molecule has 1 aliphatic heterocycles. The van der Waals surface area contributed by atoms with Gasteiger partial charge in [-0.3, -0.25) is 9.69 Å². The van der Waals surface area contributed by atoms with Crippen molar-refractivity contribution in [3.8, 4) is 0 Å². The Morgan fingerprint density at radius 3 is 2.44 bits per heavy atom. The van der Waals surface area contributed by atoms with Gasteiger partial charge in [-0.2, -0.15) is 0 Å². The molecular formula is C6H11NO2. The van der Waals surface area contributed by atoms with E-state index in [1.165, 1.54) is 0 Å². The first kappa shape index (κ1) is 6.55. The Bertz CT molecular complexity index is 127. The molecule has 0 radical (unpaired) electrons. The smallest absolute Gasteiger partial charge is 0.321 e. The molecule has 0 aliphatic carbocycles. The summed E-state index contributed by atoms with van der Waals surface area (Å²) in [6.07, 6.45) is 0. The van der Waals surface area contributed by atoms with Crippen molar-refractivity contribution in [3.63, 3.8) is 0 Å². The van der Waals surface area contributed by atoms with E-state index < -0.39 is 5.97 Å². The van der Waals surface area contributed by atoms with Gasteiger partial charge in [0.1, 0.15) is 6.04 Å². The van der Waals surface area contributed by atoms with Gasteiger partial charge in [-0.15, -0.1) is 0 Å². The van der Waals surface area contributed by atoms with E-state index in [1.54, 1.807) is 0 Å². The zero-order chi connectivity index (χ0) is 7.02. The monoisotopic (exact) mass is 129 g/mol. The van der Waals surface area contributed by atoms with E-state index in [9.17, 15) is 4.79 Å². The van der Waals surface area contributed by atoms with Gasteiger partial charge < -0.3 is 5.11 Å². The van der Waals surface area contributed by atoms with E-state index in [4.69, 9.17) is 5.11 Å². The van der Waals surface area contributed by atoms with Crippen LogP contribution in [0, 0.1) is 5.92 Å². The Balaban J connectivity index is 2.49. The molecule has 0 spiro atoms. The van der Waals surface area contributed by atoms with Crippen LogP contribution in [0.25, 0.3) is 0 Å². The maximum atomic E-state index is 10.4. The zero-order valence-electron chi connectivity index (χ0n) is 5.66. The quantitative estimate of drug-likeness (QED) is 0.542. The zero-order valence-corrected chi connectivity index (χ0v) is 5.66. The fourth-order valence-electron chi connectivity index (χ4n) is 1.40. The van der Waals surface area contributed by atoms with Gasteiger partial charge in [0.25, 0.3) is 0 Å². The van der Waals surface area contributed by atoms with Gasteiger partial charge in [-0.05, 0) is 13.0 Å². The van der Waals surface area contributed by atoms with E-state index in [-0.39, 0.29) is 6.04 Å². The van der Waals surface area contributed by atoms with Crippen molar-refractivity contribution >= 4 is 5.97 Å². The highest BCUT2D eigenvalue weighted by Gasteiger charge is 2.38. The lowest BCUT2D eigenvalue weighted by atomic mass is 9.92. The molecule has 9 heavy (non-hydrogen) atoms. The van der Waals surface area contributed by atoms with Crippen molar-refractivity contribution in [2.75, 3.05) is 13.6 Å². The van der Waals surface area contributed by atoms with Gasteiger partial charge >= 0.3 is 5.97 Å². The summed E-state index contributed by atoms with van der Waals surface area (Å²) in [6, 6.07) is -0.231.